The first-order chi connectivity index (χ1) is 15.3. The second-order valence-corrected chi connectivity index (χ2v) is 10.6. The molecular weight excluding hydrogens is 424 g/mol. The Bertz CT molecular complexity index is 1250. The lowest BCUT2D eigenvalue weighted by molar-refractivity contribution is -0.121. The first kappa shape index (κ1) is 22.5. The van der Waals surface area contributed by atoms with E-state index in [1.54, 1.807) is 18.2 Å². The van der Waals surface area contributed by atoms with E-state index in [-0.39, 0.29) is 16.8 Å². The third-order valence-corrected chi connectivity index (χ3v) is 7.99. The lowest BCUT2D eigenvalue weighted by atomic mass is 9.88. The molecule has 0 fully saturated rings. The van der Waals surface area contributed by atoms with Crippen molar-refractivity contribution in [1.82, 2.24) is 19.2 Å². The van der Waals surface area contributed by atoms with Gasteiger partial charge in [-0.1, -0.05) is 24.3 Å². The molecule has 1 aliphatic carbocycles. The van der Waals surface area contributed by atoms with Gasteiger partial charge in [0.2, 0.25) is 15.9 Å². The molecule has 0 spiro atoms. The molecule has 4 rings (SSSR count). The summed E-state index contributed by atoms with van der Waals surface area (Å²) in [5.74, 6) is 0.825. The number of carbonyl (C=O) groups is 1. The van der Waals surface area contributed by atoms with E-state index in [4.69, 9.17) is 0 Å². The second-order valence-electron chi connectivity index (χ2n) is 8.49. The fourth-order valence-electron chi connectivity index (χ4n) is 4.42. The summed E-state index contributed by atoms with van der Waals surface area (Å²) in [6.07, 6.45) is 3.68. The number of nitrogens with one attached hydrogen (secondary N) is 1. The van der Waals surface area contributed by atoms with Crippen molar-refractivity contribution in [2.45, 2.75) is 56.5 Å². The van der Waals surface area contributed by atoms with Gasteiger partial charge < -0.3 is 9.88 Å². The Hall–Kier alpha value is -2.71. The average molecular weight is 455 g/mol. The highest BCUT2D eigenvalue weighted by atomic mass is 32.2. The van der Waals surface area contributed by atoms with Crippen molar-refractivity contribution < 1.29 is 13.2 Å². The topological polar surface area (TPSA) is 84.3 Å². The Morgan fingerprint density at radius 2 is 1.94 bits per heavy atom. The van der Waals surface area contributed by atoms with Crippen molar-refractivity contribution in [3.8, 4) is 0 Å². The van der Waals surface area contributed by atoms with Gasteiger partial charge in [0.1, 0.15) is 5.82 Å². The largest absolute Gasteiger partial charge is 0.353 e. The van der Waals surface area contributed by atoms with Crippen LogP contribution in [0.2, 0.25) is 0 Å². The van der Waals surface area contributed by atoms with Crippen LogP contribution in [0.4, 0.5) is 0 Å². The van der Waals surface area contributed by atoms with Crippen molar-refractivity contribution in [3.05, 3.63) is 59.4 Å². The maximum absolute atomic E-state index is 12.6. The highest BCUT2D eigenvalue weighted by Gasteiger charge is 2.21. The normalized spacial score (nSPS) is 16.3. The van der Waals surface area contributed by atoms with E-state index in [0.717, 1.165) is 30.6 Å². The molecule has 0 saturated carbocycles. The summed E-state index contributed by atoms with van der Waals surface area (Å²) in [5.41, 5.74) is 4.21. The summed E-state index contributed by atoms with van der Waals surface area (Å²) in [5, 5.41) is 3.18. The smallest absolute Gasteiger partial charge is 0.242 e. The minimum atomic E-state index is -3.52. The first-order valence-electron chi connectivity index (χ1n) is 11.1. The predicted molar refractivity (Wildman–Crippen MR) is 125 cm³/mol. The van der Waals surface area contributed by atoms with Crippen molar-refractivity contribution in [2.24, 2.45) is 0 Å². The van der Waals surface area contributed by atoms with Gasteiger partial charge >= 0.3 is 0 Å². The number of hydrogen-bond donors (Lipinski definition) is 1. The van der Waals surface area contributed by atoms with Crippen LogP contribution in [0.5, 0.6) is 0 Å². The summed E-state index contributed by atoms with van der Waals surface area (Å²) in [4.78, 5) is 17.5. The molecule has 1 aromatic heterocycles. The van der Waals surface area contributed by atoms with E-state index in [2.05, 4.69) is 28.5 Å². The Kier molecular flexibility index (Phi) is 6.35. The van der Waals surface area contributed by atoms with E-state index < -0.39 is 10.0 Å². The molecule has 3 aromatic rings. The van der Waals surface area contributed by atoms with Gasteiger partial charge in [0.05, 0.1) is 15.9 Å². The summed E-state index contributed by atoms with van der Waals surface area (Å²) in [6, 6.07) is 13.6. The zero-order valence-corrected chi connectivity index (χ0v) is 19.7. The Morgan fingerprint density at radius 3 is 2.66 bits per heavy atom. The molecule has 7 nitrogen and oxygen atoms in total. The molecular formula is C24H30N4O3S. The van der Waals surface area contributed by atoms with Crippen LogP contribution in [-0.2, 0) is 40.6 Å². The second kappa shape index (κ2) is 9.03. The van der Waals surface area contributed by atoms with Gasteiger partial charge in [0.15, 0.2) is 0 Å². The van der Waals surface area contributed by atoms with E-state index >= 15 is 0 Å². The third-order valence-electron chi connectivity index (χ3n) is 6.18. The van der Waals surface area contributed by atoms with Crippen LogP contribution in [0, 0.1) is 0 Å². The summed E-state index contributed by atoms with van der Waals surface area (Å²) in [7, 11) is -0.496. The summed E-state index contributed by atoms with van der Waals surface area (Å²) < 4.78 is 28.2. The van der Waals surface area contributed by atoms with Crippen LogP contribution in [-0.4, -0.2) is 48.3 Å². The van der Waals surface area contributed by atoms with Gasteiger partial charge in [0, 0.05) is 39.5 Å². The molecule has 0 radical (unpaired) electrons. The van der Waals surface area contributed by atoms with Crippen LogP contribution in [0.1, 0.15) is 36.7 Å². The van der Waals surface area contributed by atoms with E-state index in [1.807, 2.05) is 17.6 Å². The SMILES string of the molecule is CCn1c(CCC(=O)NC2CCc3ccccc3C2)nc2cc(S(=O)(=O)N(C)C)ccc21. The number of sulfonamides is 1. The molecule has 1 aliphatic rings. The van der Waals surface area contributed by atoms with Crippen molar-refractivity contribution in [2.75, 3.05) is 14.1 Å². The molecule has 32 heavy (non-hydrogen) atoms. The lowest BCUT2D eigenvalue weighted by Crippen LogP contribution is -2.39. The molecule has 0 saturated heterocycles. The molecule has 1 unspecified atom stereocenters. The third kappa shape index (κ3) is 4.42. The van der Waals surface area contributed by atoms with E-state index in [0.29, 0.717) is 24.9 Å². The number of nitrogens with zero attached hydrogens (tertiary/aromatic N) is 3. The van der Waals surface area contributed by atoms with Crippen LogP contribution in [0.15, 0.2) is 47.4 Å². The number of aromatic nitrogens is 2. The van der Waals surface area contributed by atoms with Gasteiger partial charge in [-0.05, 0) is 55.5 Å². The number of amides is 1. The van der Waals surface area contributed by atoms with Gasteiger partial charge in [0.25, 0.3) is 0 Å². The Labute approximate surface area is 189 Å². The van der Waals surface area contributed by atoms with Gasteiger partial charge in [-0.2, -0.15) is 0 Å². The van der Waals surface area contributed by atoms with Gasteiger partial charge in [-0.15, -0.1) is 0 Å². The number of imidazole rings is 1. The monoisotopic (exact) mass is 454 g/mol. The Balaban J connectivity index is 1.45. The quantitative estimate of drug-likeness (QED) is 0.595. The molecule has 0 bridgehead atoms. The van der Waals surface area contributed by atoms with Gasteiger partial charge in [-0.3, -0.25) is 4.79 Å². The number of aryl methyl sites for hydroxylation is 3. The molecule has 1 heterocycles. The maximum Gasteiger partial charge on any atom is 0.242 e. The zero-order valence-electron chi connectivity index (χ0n) is 18.8. The predicted octanol–water partition coefficient (Wildman–Crippen LogP) is 2.91. The molecule has 8 heteroatoms. The van der Waals surface area contributed by atoms with E-state index in [1.165, 1.54) is 29.5 Å². The number of benzene rings is 2. The standard InChI is InChI=1S/C24H30N4O3S/c1-4-28-22-12-11-20(32(30,31)27(2)3)16-21(22)26-23(28)13-14-24(29)25-19-10-9-17-7-5-6-8-18(17)15-19/h5-8,11-12,16,19H,4,9-10,13-15H2,1-3H3,(H,25,29). The highest BCUT2D eigenvalue weighted by Crippen LogP contribution is 2.23. The minimum Gasteiger partial charge on any atom is -0.353 e. The molecule has 1 N–H and O–H groups in total. The van der Waals surface area contributed by atoms with Crippen LogP contribution in [0.25, 0.3) is 11.0 Å². The van der Waals surface area contributed by atoms with Crippen LogP contribution in [0.3, 0.4) is 0 Å². The van der Waals surface area contributed by atoms with Crippen LogP contribution >= 0.6 is 0 Å². The number of hydrogen-bond acceptors (Lipinski definition) is 4. The fourth-order valence-corrected chi connectivity index (χ4v) is 5.34. The molecule has 170 valence electrons. The number of rotatable bonds is 7. The molecule has 2 aromatic carbocycles. The molecule has 0 aliphatic heterocycles. The fraction of sp³-hybridized carbons (Fsp3) is 0.417. The van der Waals surface area contributed by atoms with Crippen molar-refractivity contribution in [1.29, 1.82) is 0 Å². The van der Waals surface area contributed by atoms with Gasteiger partial charge in [-0.25, -0.2) is 17.7 Å². The first-order valence-corrected chi connectivity index (χ1v) is 12.5. The van der Waals surface area contributed by atoms with Crippen molar-refractivity contribution in [3.63, 3.8) is 0 Å². The van der Waals surface area contributed by atoms with Crippen LogP contribution < -0.4 is 5.32 Å². The summed E-state index contributed by atoms with van der Waals surface area (Å²) in [6.45, 7) is 2.72. The number of fused-ring (bicyclic) bond motifs is 2. The molecule has 1 atom stereocenters. The minimum absolute atomic E-state index is 0.0277. The van der Waals surface area contributed by atoms with E-state index in [9.17, 15) is 13.2 Å². The average Bonchev–Trinajstić information content (AvgIpc) is 3.14. The highest BCUT2D eigenvalue weighted by molar-refractivity contribution is 7.89. The maximum atomic E-state index is 12.6. The summed E-state index contributed by atoms with van der Waals surface area (Å²) >= 11 is 0. The Morgan fingerprint density at radius 1 is 1.19 bits per heavy atom. The zero-order chi connectivity index (χ0) is 22.9. The molecule has 1 amide bonds. The lowest BCUT2D eigenvalue weighted by Gasteiger charge is -2.25. The number of carbonyl (C=O) groups excluding carboxylic acids is 1. The van der Waals surface area contributed by atoms with Crippen molar-refractivity contribution >= 4 is 27.0 Å².